The maximum atomic E-state index is 11.7. The van der Waals surface area contributed by atoms with E-state index in [9.17, 15) is 9.59 Å². The molecule has 3 nitrogen and oxygen atoms in total. The van der Waals surface area contributed by atoms with E-state index in [2.05, 4.69) is 4.98 Å². The minimum Gasteiger partial charge on any atom is -0.300 e. The van der Waals surface area contributed by atoms with Gasteiger partial charge in [0.15, 0.2) is 0 Å². The molecule has 0 fully saturated rings. The summed E-state index contributed by atoms with van der Waals surface area (Å²) < 4.78 is 0. The highest BCUT2D eigenvalue weighted by atomic mass is 32.1. The first-order valence-electron chi connectivity index (χ1n) is 6.63. The molecule has 0 N–H and O–H groups in total. The summed E-state index contributed by atoms with van der Waals surface area (Å²) in [5, 5.41) is 2.82. The SMILES string of the molecule is CCCC(=O)Cc1nc(-c2cccs2)c(CC(C)=O)s1. The van der Waals surface area contributed by atoms with Gasteiger partial charge in [0.1, 0.15) is 16.6 Å². The summed E-state index contributed by atoms with van der Waals surface area (Å²) in [7, 11) is 0. The van der Waals surface area contributed by atoms with Gasteiger partial charge in [-0.05, 0) is 24.8 Å². The van der Waals surface area contributed by atoms with E-state index in [-0.39, 0.29) is 11.6 Å². The van der Waals surface area contributed by atoms with Crippen LogP contribution < -0.4 is 0 Å². The number of hydrogen-bond donors (Lipinski definition) is 0. The van der Waals surface area contributed by atoms with Crippen molar-refractivity contribution >= 4 is 34.2 Å². The number of aromatic nitrogens is 1. The second kappa shape index (κ2) is 6.90. The summed E-state index contributed by atoms with van der Waals surface area (Å²) in [5.41, 5.74) is 0.875. The van der Waals surface area contributed by atoms with Crippen molar-refractivity contribution < 1.29 is 9.59 Å². The Morgan fingerprint density at radius 2 is 2.10 bits per heavy atom. The van der Waals surface area contributed by atoms with E-state index in [1.165, 1.54) is 11.3 Å². The summed E-state index contributed by atoms with van der Waals surface area (Å²) in [6.07, 6.45) is 2.24. The van der Waals surface area contributed by atoms with Crippen LogP contribution in [0.3, 0.4) is 0 Å². The van der Waals surface area contributed by atoms with Crippen molar-refractivity contribution in [3.63, 3.8) is 0 Å². The van der Waals surface area contributed by atoms with Crippen LogP contribution in [-0.4, -0.2) is 16.6 Å². The first kappa shape index (κ1) is 15.1. The Labute approximate surface area is 126 Å². The number of rotatable bonds is 7. The molecule has 0 saturated heterocycles. The Morgan fingerprint density at radius 1 is 1.30 bits per heavy atom. The van der Waals surface area contributed by atoms with Gasteiger partial charge in [-0.3, -0.25) is 9.59 Å². The zero-order chi connectivity index (χ0) is 14.5. The van der Waals surface area contributed by atoms with Gasteiger partial charge in [0.05, 0.1) is 17.0 Å². The summed E-state index contributed by atoms with van der Waals surface area (Å²) in [5.74, 6) is 0.339. The van der Waals surface area contributed by atoms with E-state index in [1.54, 1.807) is 18.3 Å². The molecule has 2 aromatic rings. The van der Waals surface area contributed by atoms with E-state index in [1.807, 2.05) is 24.4 Å². The third-order valence-electron chi connectivity index (χ3n) is 2.78. The van der Waals surface area contributed by atoms with Gasteiger partial charge in [-0.25, -0.2) is 4.98 Å². The van der Waals surface area contributed by atoms with Gasteiger partial charge in [0.25, 0.3) is 0 Å². The lowest BCUT2D eigenvalue weighted by Crippen LogP contribution is -2.01. The Kier molecular flexibility index (Phi) is 5.20. The van der Waals surface area contributed by atoms with Gasteiger partial charge in [0, 0.05) is 17.7 Å². The normalized spacial score (nSPS) is 10.7. The number of thiophene rings is 1. The van der Waals surface area contributed by atoms with Crippen LogP contribution in [-0.2, 0) is 22.4 Å². The first-order chi connectivity index (χ1) is 9.60. The lowest BCUT2D eigenvalue weighted by Gasteiger charge is -1.96. The standard InChI is InChI=1S/C15H17NO2S2/c1-3-5-11(18)9-14-16-15(12-6-4-7-19-12)13(20-14)8-10(2)17/h4,6-7H,3,5,8-9H2,1-2H3. The molecule has 0 aliphatic carbocycles. The quantitative estimate of drug-likeness (QED) is 0.779. The molecule has 0 aliphatic heterocycles. The average molecular weight is 307 g/mol. The summed E-state index contributed by atoms with van der Waals surface area (Å²) in [4.78, 5) is 29.7. The Hall–Kier alpha value is -1.33. The maximum absolute atomic E-state index is 11.7. The molecule has 0 atom stereocenters. The van der Waals surface area contributed by atoms with Crippen molar-refractivity contribution in [3.8, 4) is 10.6 Å². The third kappa shape index (κ3) is 3.84. The predicted molar refractivity (Wildman–Crippen MR) is 83.4 cm³/mol. The van der Waals surface area contributed by atoms with Crippen LogP contribution in [0.1, 0.15) is 36.6 Å². The van der Waals surface area contributed by atoms with Crippen molar-refractivity contribution in [3.05, 3.63) is 27.4 Å². The van der Waals surface area contributed by atoms with E-state index >= 15 is 0 Å². The maximum Gasteiger partial charge on any atom is 0.139 e. The number of carbonyl (C=O) groups excluding carboxylic acids is 2. The van der Waals surface area contributed by atoms with Crippen LogP contribution >= 0.6 is 22.7 Å². The molecule has 2 aromatic heterocycles. The van der Waals surface area contributed by atoms with E-state index < -0.39 is 0 Å². The van der Waals surface area contributed by atoms with Crippen molar-refractivity contribution in [2.45, 2.75) is 39.5 Å². The minimum atomic E-state index is 0.123. The molecule has 106 valence electrons. The fraction of sp³-hybridized carbons (Fsp3) is 0.400. The molecule has 2 rings (SSSR count). The summed E-state index contributed by atoms with van der Waals surface area (Å²) >= 11 is 3.10. The highest BCUT2D eigenvalue weighted by Crippen LogP contribution is 2.32. The van der Waals surface area contributed by atoms with Gasteiger partial charge >= 0.3 is 0 Å². The Bertz CT molecular complexity index is 599. The Balaban J connectivity index is 2.27. The van der Waals surface area contributed by atoms with Crippen LogP contribution in [0, 0.1) is 0 Å². The fourth-order valence-electron chi connectivity index (χ4n) is 1.96. The van der Waals surface area contributed by atoms with E-state index in [4.69, 9.17) is 0 Å². The van der Waals surface area contributed by atoms with Crippen molar-refractivity contribution in [1.82, 2.24) is 4.98 Å². The molecule has 0 aromatic carbocycles. The van der Waals surface area contributed by atoms with E-state index in [0.29, 0.717) is 19.3 Å². The number of Topliss-reactive ketones (excluding diaryl/α,β-unsaturated/α-hetero) is 2. The number of nitrogens with zero attached hydrogens (tertiary/aromatic N) is 1. The molecule has 0 unspecified atom stereocenters. The lowest BCUT2D eigenvalue weighted by atomic mass is 10.2. The number of ketones is 2. The van der Waals surface area contributed by atoms with Gasteiger partial charge in [0.2, 0.25) is 0 Å². The average Bonchev–Trinajstić information content (AvgIpc) is 2.98. The van der Waals surface area contributed by atoms with Crippen LogP contribution in [0.4, 0.5) is 0 Å². The highest BCUT2D eigenvalue weighted by molar-refractivity contribution is 7.15. The van der Waals surface area contributed by atoms with Crippen molar-refractivity contribution in [1.29, 1.82) is 0 Å². The molecule has 0 bridgehead atoms. The molecular formula is C15H17NO2S2. The number of thiazole rings is 1. The van der Waals surface area contributed by atoms with Gasteiger partial charge < -0.3 is 0 Å². The predicted octanol–water partition coefficient (Wildman–Crippen LogP) is 3.91. The van der Waals surface area contributed by atoms with Crippen molar-refractivity contribution in [2.75, 3.05) is 0 Å². The molecule has 0 saturated carbocycles. The third-order valence-corrected chi connectivity index (χ3v) is 4.71. The monoisotopic (exact) mass is 307 g/mol. The molecule has 0 spiro atoms. The first-order valence-corrected chi connectivity index (χ1v) is 8.33. The molecule has 0 aliphatic rings. The highest BCUT2D eigenvalue weighted by Gasteiger charge is 2.16. The smallest absolute Gasteiger partial charge is 0.139 e. The van der Waals surface area contributed by atoms with Gasteiger partial charge in [-0.15, -0.1) is 22.7 Å². The second-order valence-corrected chi connectivity index (χ2v) is 6.82. The minimum absolute atomic E-state index is 0.123. The Morgan fingerprint density at radius 3 is 2.70 bits per heavy atom. The molecule has 0 amide bonds. The van der Waals surface area contributed by atoms with Crippen molar-refractivity contribution in [2.24, 2.45) is 0 Å². The van der Waals surface area contributed by atoms with Crippen LogP contribution in [0.15, 0.2) is 17.5 Å². The van der Waals surface area contributed by atoms with Crippen LogP contribution in [0.2, 0.25) is 0 Å². The lowest BCUT2D eigenvalue weighted by molar-refractivity contribution is -0.118. The van der Waals surface area contributed by atoms with E-state index in [0.717, 1.165) is 26.9 Å². The zero-order valence-electron chi connectivity index (χ0n) is 11.6. The zero-order valence-corrected chi connectivity index (χ0v) is 13.3. The van der Waals surface area contributed by atoms with Crippen LogP contribution in [0.5, 0.6) is 0 Å². The number of carbonyl (C=O) groups is 2. The molecule has 0 radical (unpaired) electrons. The fourth-order valence-corrected chi connectivity index (χ4v) is 3.95. The molecular weight excluding hydrogens is 290 g/mol. The second-order valence-electron chi connectivity index (χ2n) is 4.70. The molecule has 2 heterocycles. The largest absolute Gasteiger partial charge is 0.300 e. The topological polar surface area (TPSA) is 47.0 Å². The molecule has 20 heavy (non-hydrogen) atoms. The number of hydrogen-bond acceptors (Lipinski definition) is 5. The van der Waals surface area contributed by atoms with Gasteiger partial charge in [-0.1, -0.05) is 13.0 Å². The van der Waals surface area contributed by atoms with Crippen LogP contribution in [0.25, 0.3) is 10.6 Å². The summed E-state index contributed by atoms with van der Waals surface area (Å²) in [6, 6.07) is 3.97. The van der Waals surface area contributed by atoms with Gasteiger partial charge in [-0.2, -0.15) is 0 Å². The summed E-state index contributed by atoms with van der Waals surface area (Å²) in [6.45, 7) is 3.58. The molecule has 5 heteroatoms.